The molecule has 0 fully saturated rings. The van der Waals surface area contributed by atoms with E-state index in [4.69, 9.17) is 10.8 Å². The number of aliphatic hydroxyl groups excluding tert-OH is 1. The number of unbranched alkanes of at least 4 members (excludes halogenated alkanes) is 2. The van der Waals surface area contributed by atoms with Crippen molar-refractivity contribution in [3.63, 3.8) is 0 Å². The maximum absolute atomic E-state index is 13.6. The third-order valence-corrected chi connectivity index (χ3v) is 2.82. The zero-order valence-electron chi connectivity index (χ0n) is 10.3. The first-order valence-electron chi connectivity index (χ1n) is 6.19. The van der Waals surface area contributed by atoms with Crippen LogP contribution in [0, 0.1) is 11.6 Å². The minimum absolute atomic E-state index is 0.179. The molecule has 0 heterocycles. The van der Waals surface area contributed by atoms with Gasteiger partial charge >= 0.3 is 0 Å². The van der Waals surface area contributed by atoms with Crippen LogP contribution in [0.15, 0.2) is 18.2 Å². The highest BCUT2D eigenvalue weighted by atomic mass is 19.2. The molecule has 0 aromatic heterocycles. The number of hydrogen-bond donors (Lipinski definition) is 3. The van der Waals surface area contributed by atoms with E-state index in [-0.39, 0.29) is 24.8 Å². The molecule has 1 atom stereocenters. The van der Waals surface area contributed by atoms with Crippen molar-refractivity contribution < 1.29 is 13.9 Å². The number of aliphatic hydroxyl groups is 1. The van der Waals surface area contributed by atoms with E-state index in [1.807, 2.05) is 0 Å². The molecular formula is C13H20F2N2O. The van der Waals surface area contributed by atoms with Crippen molar-refractivity contribution in [3.05, 3.63) is 35.4 Å². The number of hydrogen-bond acceptors (Lipinski definition) is 3. The average molecular weight is 258 g/mol. The molecule has 0 aliphatic carbocycles. The number of nitrogens with two attached hydrogens (primary N) is 1. The summed E-state index contributed by atoms with van der Waals surface area (Å²) in [6.07, 6.45) is 2.52. The Hall–Kier alpha value is -1.04. The van der Waals surface area contributed by atoms with Crippen molar-refractivity contribution in [2.75, 3.05) is 19.7 Å². The second kappa shape index (κ2) is 8.13. The van der Waals surface area contributed by atoms with E-state index in [0.717, 1.165) is 25.3 Å². The number of rotatable bonds is 8. The summed E-state index contributed by atoms with van der Waals surface area (Å²) in [6, 6.07) is 3.73. The zero-order valence-corrected chi connectivity index (χ0v) is 10.3. The first-order chi connectivity index (χ1) is 8.70. The highest BCUT2D eigenvalue weighted by molar-refractivity contribution is 5.22. The fourth-order valence-corrected chi connectivity index (χ4v) is 1.80. The van der Waals surface area contributed by atoms with Crippen LogP contribution in [0.25, 0.3) is 0 Å². The van der Waals surface area contributed by atoms with Gasteiger partial charge in [0, 0.05) is 24.8 Å². The fraction of sp³-hybridized carbons (Fsp3) is 0.538. The van der Waals surface area contributed by atoms with Gasteiger partial charge in [0.15, 0.2) is 11.6 Å². The van der Waals surface area contributed by atoms with Crippen LogP contribution in [0.3, 0.4) is 0 Å². The summed E-state index contributed by atoms with van der Waals surface area (Å²) in [4.78, 5) is 0. The van der Waals surface area contributed by atoms with E-state index in [0.29, 0.717) is 6.54 Å². The summed E-state index contributed by atoms with van der Waals surface area (Å²) in [5, 5.41) is 11.7. The van der Waals surface area contributed by atoms with Crippen LogP contribution in [-0.2, 0) is 0 Å². The Bertz CT molecular complexity index is 361. The van der Waals surface area contributed by atoms with Gasteiger partial charge in [0.2, 0.25) is 0 Å². The minimum atomic E-state index is -0.854. The van der Waals surface area contributed by atoms with Crippen LogP contribution >= 0.6 is 0 Å². The predicted octanol–water partition coefficient (Wildman–Crippen LogP) is 1.72. The van der Waals surface area contributed by atoms with Gasteiger partial charge in [-0.1, -0.05) is 12.1 Å². The molecule has 0 amide bonds. The van der Waals surface area contributed by atoms with Gasteiger partial charge in [0.1, 0.15) is 0 Å². The molecule has 1 aromatic rings. The van der Waals surface area contributed by atoms with Crippen LogP contribution in [-0.4, -0.2) is 24.8 Å². The van der Waals surface area contributed by atoms with E-state index >= 15 is 0 Å². The number of benzene rings is 1. The van der Waals surface area contributed by atoms with Gasteiger partial charge in [-0.05, 0) is 31.9 Å². The summed E-state index contributed by atoms with van der Waals surface area (Å²) >= 11 is 0. The van der Waals surface area contributed by atoms with Crippen LogP contribution in [0.2, 0.25) is 0 Å². The second-order valence-corrected chi connectivity index (χ2v) is 4.17. The lowest BCUT2D eigenvalue weighted by molar-refractivity contribution is 0.282. The molecule has 0 spiro atoms. The second-order valence-electron chi connectivity index (χ2n) is 4.17. The van der Waals surface area contributed by atoms with Crippen molar-refractivity contribution >= 4 is 0 Å². The fourth-order valence-electron chi connectivity index (χ4n) is 1.80. The van der Waals surface area contributed by atoms with E-state index in [2.05, 4.69) is 5.32 Å². The molecule has 4 N–H and O–H groups in total. The van der Waals surface area contributed by atoms with Crippen molar-refractivity contribution in [1.82, 2.24) is 5.32 Å². The Morgan fingerprint density at radius 3 is 2.67 bits per heavy atom. The maximum atomic E-state index is 13.6. The molecule has 0 aliphatic rings. The van der Waals surface area contributed by atoms with Gasteiger partial charge in [-0.25, -0.2) is 8.78 Å². The first-order valence-corrected chi connectivity index (χ1v) is 6.19. The van der Waals surface area contributed by atoms with Gasteiger partial charge in [0.25, 0.3) is 0 Å². The van der Waals surface area contributed by atoms with Crippen molar-refractivity contribution in [2.24, 2.45) is 5.73 Å². The molecule has 18 heavy (non-hydrogen) atoms. The molecule has 1 aromatic carbocycles. The summed E-state index contributed by atoms with van der Waals surface area (Å²) in [7, 11) is 0. The molecule has 0 radical (unpaired) electrons. The van der Waals surface area contributed by atoms with Crippen LogP contribution in [0.4, 0.5) is 8.78 Å². The van der Waals surface area contributed by atoms with Crippen molar-refractivity contribution in [3.8, 4) is 0 Å². The lowest BCUT2D eigenvalue weighted by Gasteiger charge is -2.18. The smallest absolute Gasteiger partial charge is 0.163 e. The lowest BCUT2D eigenvalue weighted by Crippen LogP contribution is -2.30. The summed E-state index contributed by atoms with van der Waals surface area (Å²) in [6.45, 7) is 1.05. The summed E-state index contributed by atoms with van der Waals surface area (Å²) in [5.74, 6) is -1.69. The highest BCUT2D eigenvalue weighted by Crippen LogP contribution is 2.18. The Morgan fingerprint density at radius 1 is 1.22 bits per heavy atom. The molecule has 1 unspecified atom stereocenters. The predicted molar refractivity (Wildman–Crippen MR) is 67.1 cm³/mol. The maximum Gasteiger partial charge on any atom is 0.163 e. The largest absolute Gasteiger partial charge is 0.396 e. The summed E-state index contributed by atoms with van der Waals surface area (Å²) in [5.41, 5.74) is 5.84. The van der Waals surface area contributed by atoms with E-state index < -0.39 is 11.6 Å². The highest BCUT2D eigenvalue weighted by Gasteiger charge is 2.15. The number of nitrogens with one attached hydrogen (secondary N) is 1. The van der Waals surface area contributed by atoms with Gasteiger partial charge in [0.05, 0.1) is 0 Å². The van der Waals surface area contributed by atoms with Crippen molar-refractivity contribution in [2.45, 2.75) is 25.3 Å². The molecule has 0 bridgehead atoms. The van der Waals surface area contributed by atoms with Gasteiger partial charge < -0.3 is 16.2 Å². The molecule has 0 saturated carbocycles. The topological polar surface area (TPSA) is 58.3 Å². The standard InChI is InChI=1S/C13H20F2N2O/c14-11-6-4-5-10(13(11)15)12(9-16)17-7-2-1-3-8-18/h4-6,12,17-18H,1-3,7-9,16H2. The Balaban J connectivity index is 2.52. The summed E-state index contributed by atoms with van der Waals surface area (Å²) < 4.78 is 26.7. The normalized spacial score (nSPS) is 12.7. The van der Waals surface area contributed by atoms with Gasteiger partial charge in [-0.15, -0.1) is 0 Å². The molecular weight excluding hydrogens is 238 g/mol. The third kappa shape index (κ3) is 4.33. The SMILES string of the molecule is NCC(NCCCCCO)c1cccc(F)c1F. The number of halogens is 2. The molecule has 3 nitrogen and oxygen atoms in total. The van der Waals surface area contributed by atoms with Crippen LogP contribution in [0.1, 0.15) is 30.9 Å². The average Bonchev–Trinajstić information content (AvgIpc) is 2.38. The van der Waals surface area contributed by atoms with E-state index in [1.165, 1.54) is 12.1 Å². The molecule has 0 saturated heterocycles. The lowest BCUT2D eigenvalue weighted by atomic mass is 10.1. The third-order valence-electron chi connectivity index (χ3n) is 2.82. The molecule has 0 aliphatic heterocycles. The van der Waals surface area contributed by atoms with Gasteiger partial charge in [-0.2, -0.15) is 0 Å². The van der Waals surface area contributed by atoms with Gasteiger partial charge in [-0.3, -0.25) is 0 Å². The van der Waals surface area contributed by atoms with Crippen LogP contribution < -0.4 is 11.1 Å². The first kappa shape index (κ1) is 15.0. The Labute approximate surface area is 106 Å². The van der Waals surface area contributed by atoms with E-state index in [1.54, 1.807) is 0 Å². The molecule has 1 rings (SSSR count). The zero-order chi connectivity index (χ0) is 13.4. The monoisotopic (exact) mass is 258 g/mol. The van der Waals surface area contributed by atoms with Crippen molar-refractivity contribution in [1.29, 1.82) is 0 Å². The Morgan fingerprint density at radius 2 is 2.00 bits per heavy atom. The van der Waals surface area contributed by atoms with Crippen LogP contribution in [0.5, 0.6) is 0 Å². The van der Waals surface area contributed by atoms with E-state index in [9.17, 15) is 8.78 Å². The quantitative estimate of drug-likeness (QED) is 0.622. The molecule has 102 valence electrons. The molecule has 5 heteroatoms. The minimum Gasteiger partial charge on any atom is -0.396 e. The Kier molecular flexibility index (Phi) is 6.78.